The lowest BCUT2D eigenvalue weighted by Crippen LogP contribution is -2.23. The van der Waals surface area contributed by atoms with Crippen molar-refractivity contribution >= 4 is 27.3 Å². The van der Waals surface area contributed by atoms with Gasteiger partial charge in [0.2, 0.25) is 21.7 Å². The minimum absolute atomic E-state index is 0.0464. The van der Waals surface area contributed by atoms with Gasteiger partial charge in [-0.2, -0.15) is 4.98 Å². The van der Waals surface area contributed by atoms with Gasteiger partial charge in [-0.25, -0.2) is 13.1 Å². The molecule has 0 radical (unpaired) electrons. The average Bonchev–Trinajstić information content (AvgIpc) is 3.10. The molecule has 3 rings (SSSR count). The van der Waals surface area contributed by atoms with Gasteiger partial charge < -0.3 is 4.52 Å². The lowest BCUT2D eigenvalue weighted by Gasteiger charge is -2.05. The van der Waals surface area contributed by atoms with E-state index in [9.17, 15) is 18.5 Å². The van der Waals surface area contributed by atoms with Crippen molar-refractivity contribution < 1.29 is 17.9 Å². The normalized spacial score (nSPS) is 11.5. The lowest BCUT2D eigenvalue weighted by atomic mass is 10.2. The molecule has 1 aromatic heterocycles. The molecule has 0 saturated heterocycles. The van der Waals surface area contributed by atoms with E-state index in [0.29, 0.717) is 16.1 Å². The van der Waals surface area contributed by atoms with Crippen LogP contribution in [0.25, 0.3) is 11.4 Å². The minimum atomic E-state index is -3.99. The van der Waals surface area contributed by atoms with Crippen LogP contribution in [0.5, 0.6) is 0 Å². The molecule has 2 aromatic carbocycles. The average molecular weight is 409 g/mol. The van der Waals surface area contributed by atoms with Gasteiger partial charge in [-0.15, -0.1) is 0 Å². The summed E-state index contributed by atoms with van der Waals surface area (Å²) in [6, 6.07) is 10.4. The number of nitro groups is 1. The Morgan fingerprint density at radius 1 is 1.22 bits per heavy atom. The predicted octanol–water partition coefficient (Wildman–Crippen LogP) is 3.09. The van der Waals surface area contributed by atoms with Gasteiger partial charge in [-0.1, -0.05) is 22.8 Å². The molecule has 27 heavy (non-hydrogen) atoms. The highest BCUT2D eigenvalue weighted by atomic mass is 35.5. The number of benzene rings is 2. The van der Waals surface area contributed by atoms with Gasteiger partial charge >= 0.3 is 0 Å². The van der Waals surface area contributed by atoms with Crippen LogP contribution >= 0.6 is 11.6 Å². The standard InChI is InChI=1S/C16H13ClN4O5S/c1-10-2-7-13(8-14(10)21(22)23)27(24,25)18-9-15-19-16(20-26-15)11-3-5-12(17)6-4-11/h2-8,18H,9H2,1H3. The number of sulfonamides is 1. The zero-order valence-corrected chi connectivity index (χ0v) is 15.5. The molecule has 0 fully saturated rings. The number of rotatable bonds is 6. The highest BCUT2D eigenvalue weighted by Gasteiger charge is 2.20. The molecule has 0 aliphatic heterocycles. The van der Waals surface area contributed by atoms with Crippen LogP contribution in [0.3, 0.4) is 0 Å². The molecule has 0 atom stereocenters. The Kier molecular flexibility index (Phi) is 5.22. The number of nitrogens with zero attached hydrogens (tertiary/aromatic N) is 3. The maximum absolute atomic E-state index is 12.4. The van der Waals surface area contributed by atoms with Crippen molar-refractivity contribution in [2.75, 3.05) is 0 Å². The van der Waals surface area contributed by atoms with Crippen LogP contribution in [-0.4, -0.2) is 23.5 Å². The third kappa shape index (κ3) is 4.30. The molecule has 0 amide bonds. The zero-order valence-electron chi connectivity index (χ0n) is 13.9. The van der Waals surface area contributed by atoms with E-state index in [1.165, 1.54) is 19.1 Å². The summed E-state index contributed by atoms with van der Waals surface area (Å²) in [5.74, 6) is 0.331. The topological polar surface area (TPSA) is 128 Å². The largest absolute Gasteiger partial charge is 0.338 e. The molecule has 140 valence electrons. The number of aryl methyl sites for hydroxylation is 1. The fraction of sp³-hybridized carbons (Fsp3) is 0.125. The van der Waals surface area contributed by atoms with Gasteiger partial charge in [-0.3, -0.25) is 10.1 Å². The van der Waals surface area contributed by atoms with Gasteiger partial charge in [0, 0.05) is 22.2 Å². The first-order valence-corrected chi connectivity index (χ1v) is 9.45. The molecule has 0 spiro atoms. The minimum Gasteiger partial charge on any atom is -0.338 e. The summed E-state index contributed by atoms with van der Waals surface area (Å²) in [5, 5.41) is 15.3. The van der Waals surface area contributed by atoms with E-state index in [1.807, 2.05) is 0 Å². The summed E-state index contributed by atoms with van der Waals surface area (Å²) < 4.78 is 32.1. The predicted molar refractivity (Wildman–Crippen MR) is 96.6 cm³/mol. The van der Waals surface area contributed by atoms with Crippen molar-refractivity contribution in [3.63, 3.8) is 0 Å². The highest BCUT2D eigenvalue weighted by Crippen LogP contribution is 2.22. The lowest BCUT2D eigenvalue weighted by molar-refractivity contribution is -0.385. The Hall–Kier alpha value is -2.82. The van der Waals surface area contributed by atoms with Crippen LogP contribution in [0, 0.1) is 17.0 Å². The maximum atomic E-state index is 12.4. The van der Waals surface area contributed by atoms with E-state index in [1.54, 1.807) is 24.3 Å². The second-order valence-corrected chi connectivity index (χ2v) is 7.75. The smallest absolute Gasteiger partial charge is 0.273 e. The summed E-state index contributed by atoms with van der Waals surface area (Å²) in [7, 11) is -3.99. The van der Waals surface area contributed by atoms with E-state index >= 15 is 0 Å². The Balaban J connectivity index is 1.75. The van der Waals surface area contributed by atoms with Crippen LogP contribution in [-0.2, 0) is 16.6 Å². The first kappa shape index (κ1) is 19.0. The van der Waals surface area contributed by atoms with Gasteiger partial charge in [-0.05, 0) is 37.3 Å². The molecule has 0 unspecified atom stereocenters. The molecular weight excluding hydrogens is 396 g/mol. The van der Waals surface area contributed by atoms with Gasteiger partial charge in [0.05, 0.1) is 16.4 Å². The van der Waals surface area contributed by atoms with Crippen LogP contribution < -0.4 is 4.72 Å². The molecule has 1 N–H and O–H groups in total. The van der Waals surface area contributed by atoms with Crippen molar-refractivity contribution in [1.29, 1.82) is 0 Å². The number of nitro benzene ring substituents is 1. The molecule has 0 bridgehead atoms. The first-order chi connectivity index (χ1) is 12.8. The van der Waals surface area contributed by atoms with Crippen LogP contribution in [0.4, 0.5) is 5.69 Å². The number of nitrogens with one attached hydrogen (secondary N) is 1. The molecule has 0 aliphatic rings. The quantitative estimate of drug-likeness (QED) is 0.490. The van der Waals surface area contributed by atoms with E-state index in [2.05, 4.69) is 14.9 Å². The van der Waals surface area contributed by atoms with Gasteiger partial charge in [0.25, 0.3) is 5.69 Å². The Labute approximate surface area is 159 Å². The van der Waals surface area contributed by atoms with Crippen LogP contribution in [0.2, 0.25) is 5.02 Å². The molecular formula is C16H13ClN4O5S. The van der Waals surface area contributed by atoms with Gasteiger partial charge in [0.1, 0.15) is 0 Å². The van der Waals surface area contributed by atoms with Crippen molar-refractivity contribution in [2.45, 2.75) is 18.4 Å². The molecule has 0 aliphatic carbocycles. The summed E-state index contributed by atoms with van der Waals surface area (Å²) in [6.45, 7) is 1.27. The third-order valence-electron chi connectivity index (χ3n) is 3.67. The Bertz CT molecular complexity index is 1100. The Morgan fingerprint density at radius 3 is 2.59 bits per heavy atom. The second-order valence-electron chi connectivity index (χ2n) is 5.55. The molecule has 9 nitrogen and oxygen atoms in total. The van der Waals surface area contributed by atoms with Crippen molar-refractivity contribution in [2.24, 2.45) is 0 Å². The SMILES string of the molecule is Cc1ccc(S(=O)(=O)NCc2nc(-c3ccc(Cl)cc3)no2)cc1[N+](=O)[O-]. The van der Waals surface area contributed by atoms with E-state index in [0.717, 1.165) is 6.07 Å². The number of aromatic nitrogens is 2. The van der Waals surface area contributed by atoms with Crippen molar-refractivity contribution in [1.82, 2.24) is 14.9 Å². The highest BCUT2D eigenvalue weighted by molar-refractivity contribution is 7.89. The van der Waals surface area contributed by atoms with Crippen molar-refractivity contribution in [3.05, 3.63) is 69.1 Å². The zero-order chi connectivity index (χ0) is 19.6. The summed E-state index contributed by atoms with van der Waals surface area (Å²) >= 11 is 5.82. The van der Waals surface area contributed by atoms with E-state index in [4.69, 9.17) is 16.1 Å². The fourth-order valence-corrected chi connectivity index (χ4v) is 3.36. The van der Waals surface area contributed by atoms with Crippen LogP contribution in [0.15, 0.2) is 51.9 Å². The molecule has 1 heterocycles. The van der Waals surface area contributed by atoms with Crippen LogP contribution in [0.1, 0.15) is 11.5 Å². The van der Waals surface area contributed by atoms with E-state index < -0.39 is 14.9 Å². The summed E-state index contributed by atoms with van der Waals surface area (Å²) in [4.78, 5) is 14.2. The number of hydrogen-bond acceptors (Lipinski definition) is 7. The maximum Gasteiger partial charge on any atom is 0.273 e. The molecule has 0 saturated carbocycles. The van der Waals surface area contributed by atoms with Crippen molar-refractivity contribution in [3.8, 4) is 11.4 Å². The van der Waals surface area contributed by atoms with Gasteiger partial charge in [0.15, 0.2) is 0 Å². The third-order valence-corrected chi connectivity index (χ3v) is 5.32. The van der Waals surface area contributed by atoms with E-state index in [-0.39, 0.29) is 28.8 Å². The number of hydrogen-bond donors (Lipinski definition) is 1. The molecule has 3 aromatic rings. The summed E-state index contributed by atoms with van der Waals surface area (Å²) in [6.07, 6.45) is 0. The Morgan fingerprint density at radius 2 is 1.93 bits per heavy atom. The monoisotopic (exact) mass is 408 g/mol. The fourth-order valence-electron chi connectivity index (χ4n) is 2.24. The first-order valence-electron chi connectivity index (χ1n) is 7.59. The molecule has 11 heteroatoms. The second kappa shape index (κ2) is 7.43. The summed E-state index contributed by atoms with van der Waals surface area (Å²) in [5.41, 5.74) is 0.746. The number of halogens is 1.